The van der Waals surface area contributed by atoms with E-state index in [-0.39, 0.29) is 23.6 Å². The van der Waals surface area contributed by atoms with Crippen LogP contribution in [0.5, 0.6) is 11.6 Å². The van der Waals surface area contributed by atoms with E-state index in [2.05, 4.69) is 10.3 Å². The van der Waals surface area contributed by atoms with Crippen molar-refractivity contribution in [1.29, 1.82) is 0 Å². The van der Waals surface area contributed by atoms with Crippen LogP contribution in [0.3, 0.4) is 0 Å². The van der Waals surface area contributed by atoms with Gasteiger partial charge in [0.15, 0.2) is 0 Å². The predicted molar refractivity (Wildman–Crippen MR) is 145 cm³/mol. The lowest BCUT2D eigenvalue weighted by atomic mass is 9.91. The van der Waals surface area contributed by atoms with E-state index in [0.29, 0.717) is 22.6 Å². The number of carbonyl (C=O) groups is 3. The first kappa shape index (κ1) is 31.9. The Labute approximate surface area is 242 Å². The number of aliphatic carboxylic acids is 2. The summed E-state index contributed by atoms with van der Waals surface area (Å²) in [5.41, 5.74) is 1.74. The molecule has 2 aromatic heterocycles. The Morgan fingerprint density at radius 1 is 0.907 bits per heavy atom. The van der Waals surface area contributed by atoms with Crippen molar-refractivity contribution in [3.63, 3.8) is 0 Å². The molecule has 1 atom stereocenters. The molecule has 0 bridgehead atoms. The zero-order valence-electron chi connectivity index (χ0n) is 22.1. The van der Waals surface area contributed by atoms with Crippen molar-refractivity contribution in [1.82, 2.24) is 4.98 Å². The molecule has 4 rings (SSSR count). The number of carboxylic acid groups (broad SMARTS) is 3. The van der Waals surface area contributed by atoms with Gasteiger partial charge in [-0.05, 0) is 53.6 Å². The van der Waals surface area contributed by atoms with Gasteiger partial charge in [0.25, 0.3) is 0 Å². The van der Waals surface area contributed by atoms with Crippen LogP contribution in [-0.2, 0) is 16.1 Å². The maximum Gasteiger partial charge on any atom is 0.490 e. The number of anilines is 1. The van der Waals surface area contributed by atoms with Gasteiger partial charge in [-0.3, -0.25) is 4.79 Å². The molecule has 0 amide bonds. The number of hydrogen-bond donors (Lipinski definition) is 4. The zero-order chi connectivity index (χ0) is 31.6. The molecule has 4 aromatic rings. The second-order valence-corrected chi connectivity index (χ2v) is 8.78. The molecule has 0 aliphatic heterocycles. The Balaban J connectivity index is 0.000000646. The zero-order valence-corrected chi connectivity index (χ0v) is 22.1. The fourth-order valence-corrected chi connectivity index (χ4v) is 3.71. The lowest BCUT2D eigenvalue weighted by Gasteiger charge is -2.17. The van der Waals surface area contributed by atoms with Gasteiger partial charge in [-0.1, -0.05) is 30.3 Å². The molecule has 14 heteroatoms. The Morgan fingerprint density at radius 2 is 1.56 bits per heavy atom. The molecule has 0 saturated heterocycles. The number of nitrogens with one attached hydrogen (secondary N) is 1. The van der Waals surface area contributed by atoms with Gasteiger partial charge in [0.1, 0.15) is 11.6 Å². The normalized spacial score (nSPS) is 11.4. The Bertz CT molecular complexity index is 1550. The van der Waals surface area contributed by atoms with Crippen LogP contribution in [0.25, 0.3) is 0 Å². The SMILES string of the molecule is O=C(O)C(F)(F)F.O=C(O)CC(c1ccc(C(=O)O)cc1)c1cccc(Oc2ccc(CNc3ccccn3)cc2)[n+]1[O-]. The molecule has 224 valence electrons. The van der Waals surface area contributed by atoms with Crippen molar-refractivity contribution in [2.75, 3.05) is 5.32 Å². The van der Waals surface area contributed by atoms with Crippen molar-refractivity contribution in [2.24, 2.45) is 0 Å². The van der Waals surface area contributed by atoms with Crippen LogP contribution >= 0.6 is 0 Å². The third kappa shape index (κ3) is 9.45. The summed E-state index contributed by atoms with van der Waals surface area (Å²) in [5.74, 6) is -4.55. The monoisotopic (exact) mass is 599 g/mol. The number of aromatic carboxylic acids is 1. The minimum atomic E-state index is -5.08. The van der Waals surface area contributed by atoms with Gasteiger partial charge < -0.3 is 30.6 Å². The van der Waals surface area contributed by atoms with Gasteiger partial charge in [0.2, 0.25) is 5.69 Å². The molecule has 0 spiro atoms. The number of hydrogen-bond acceptors (Lipinski definition) is 7. The topological polar surface area (TPSA) is 173 Å². The maximum absolute atomic E-state index is 13.2. The van der Waals surface area contributed by atoms with Gasteiger partial charge in [-0.15, -0.1) is 4.73 Å². The van der Waals surface area contributed by atoms with E-state index in [4.69, 9.17) is 19.7 Å². The molecule has 43 heavy (non-hydrogen) atoms. The Hall–Kier alpha value is -5.66. The summed E-state index contributed by atoms with van der Waals surface area (Å²) < 4.78 is 38.1. The van der Waals surface area contributed by atoms with Crippen molar-refractivity contribution >= 4 is 23.7 Å². The second kappa shape index (κ2) is 14.3. The molecular formula is C29H24F3N3O8. The number of aromatic nitrogens is 2. The average Bonchev–Trinajstić information content (AvgIpc) is 2.97. The number of ether oxygens (including phenoxy) is 1. The molecule has 4 N–H and O–H groups in total. The fraction of sp³-hybridized carbons (Fsp3) is 0.138. The summed E-state index contributed by atoms with van der Waals surface area (Å²) in [6, 6.07) is 23.2. The average molecular weight is 600 g/mol. The highest BCUT2D eigenvalue weighted by Gasteiger charge is 2.38. The lowest BCUT2D eigenvalue weighted by molar-refractivity contribution is -0.620. The first-order valence-corrected chi connectivity index (χ1v) is 12.3. The molecular weight excluding hydrogens is 575 g/mol. The molecule has 1 unspecified atom stereocenters. The van der Waals surface area contributed by atoms with Gasteiger partial charge in [-0.2, -0.15) is 13.2 Å². The van der Waals surface area contributed by atoms with Crippen LogP contribution in [0, 0.1) is 5.21 Å². The fourth-order valence-electron chi connectivity index (χ4n) is 3.71. The van der Waals surface area contributed by atoms with E-state index in [0.717, 1.165) is 11.4 Å². The largest absolute Gasteiger partial charge is 0.616 e. The number of pyridine rings is 2. The smallest absolute Gasteiger partial charge is 0.490 e. The molecule has 11 nitrogen and oxygen atoms in total. The van der Waals surface area contributed by atoms with E-state index < -0.39 is 30.0 Å². The number of rotatable bonds is 10. The minimum Gasteiger partial charge on any atom is -0.616 e. The van der Waals surface area contributed by atoms with Crippen LogP contribution in [0.4, 0.5) is 19.0 Å². The predicted octanol–water partition coefficient (Wildman–Crippen LogP) is 5.06. The molecule has 2 aromatic carbocycles. The van der Waals surface area contributed by atoms with Gasteiger partial charge in [-0.25, -0.2) is 14.6 Å². The summed E-state index contributed by atoms with van der Waals surface area (Å²) in [4.78, 5) is 35.8. The third-order valence-electron chi connectivity index (χ3n) is 5.76. The maximum atomic E-state index is 13.2. The quantitative estimate of drug-likeness (QED) is 0.143. The van der Waals surface area contributed by atoms with Crippen molar-refractivity contribution in [3.8, 4) is 11.6 Å². The van der Waals surface area contributed by atoms with Crippen LogP contribution in [0.2, 0.25) is 0 Å². The van der Waals surface area contributed by atoms with Crippen LogP contribution in [0.1, 0.15) is 39.5 Å². The Morgan fingerprint density at radius 3 is 2.09 bits per heavy atom. The number of carboxylic acids is 3. The van der Waals surface area contributed by atoms with Crippen molar-refractivity contribution in [2.45, 2.75) is 25.1 Å². The standard InChI is InChI=1S/C27H23N3O6.C2HF3O2/c31-26(32)16-22(19-9-11-20(12-10-19)27(33)34)23-4-3-6-25(30(23)35)36-21-13-7-18(8-14-21)17-29-24-5-1-2-15-28-24;3-2(4,5)1(6)7/h1-15,22H,16-17H2,(H,28,29)(H,31,32)(H,33,34);(H,6,7). The van der Waals surface area contributed by atoms with Crippen molar-refractivity contribution < 1.29 is 52.3 Å². The van der Waals surface area contributed by atoms with Crippen LogP contribution < -0.4 is 14.8 Å². The van der Waals surface area contributed by atoms with E-state index in [1.54, 1.807) is 24.4 Å². The highest BCUT2D eigenvalue weighted by atomic mass is 19.4. The number of alkyl halides is 3. The first-order valence-electron chi connectivity index (χ1n) is 12.3. The van der Waals surface area contributed by atoms with E-state index in [9.17, 15) is 33.1 Å². The minimum absolute atomic E-state index is 0.00981. The Kier molecular flexibility index (Phi) is 10.6. The van der Waals surface area contributed by atoms with Gasteiger partial charge in [0.05, 0.1) is 24.0 Å². The second-order valence-electron chi connectivity index (χ2n) is 8.78. The lowest BCUT2D eigenvalue weighted by Crippen LogP contribution is -2.35. The third-order valence-corrected chi connectivity index (χ3v) is 5.76. The first-order chi connectivity index (χ1) is 20.3. The summed E-state index contributed by atoms with van der Waals surface area (Å²) >= 11 is 0. The summed E-state index contributed by atoms with van der Waals surface area (Å²) in [6.45, 7) is 0.561. The highest BCUT2D eigenvalue weighted by molar-refractivity contribution is 5.87. The number of halogens is 3. The molecule has 0 radical (unpaired) electrons. The molecule has 0 aliphatic rings. The molecule has 0 fully saturated rings. The van der Waals surface area contributed by atoms with E-state index in [1.165, 1.54) is 36.4 Å². The van der Waals surface area contributed by atoms with Gasteiger partial charge >= 0.3 is 30.0 Å². The van der Waals surface area contributed by atoms with Gasteiger partial charge in [0, 0.05) is 18.8 Å². The van der Waals surface area contributed by atoms with Crippen molar-refractivity contribution in [3.05, 3.63) is 119 Å². The molecule has 2 heterocycles. The van der Waals surface area contributed by atoms with Crippen LogP contribution in [-0.4, -0.2) is 44.4 Å². The number of benzene rings is 2. The molecule has 0 aliphatic carbocycles. The van der Waals surface area contributed by atoms with Crippen LogP contribution in [0.15, 0.2) is 91.1 Å². The van der Waals surface area contributed by atoms with E-state index in [1.807, 2.05) is 30.3 Å². The highest BCUT2D eigenvalue weighted by Crippen LogP contribution is 2.28. The summed E-state index contributed by atoms with van der Waals surface area (Å²) in [7, 11) is 0. The summed E-state index contributed by atoms with van der Waals surface area (Å²) in [6.07, 6.45) is -3.73. The molecule has 0 saturated carbocycles. The summed E-state index contributed by atoms with van der Waals surface area (Å²) in [5, 5.41) is 42.1. The number of nitrogens with zero attached hydrogens (tertiary/aromatic N) is 2. The van der Waals surface area contributed by atoms with E-state index >= 15 is 0 Å².